The first kappa shape index (κ1) is 17.4. The molecule has 0 bridgehead atoms. The van der Waals surface area contributed by atoms with Crippen LogP contribution in [0.2, 0.25) is 0 Å². The van der Waals surface area contributed by atoms with Crippen LogP contribution in [0.15, 0.2) is 12.7 Å². The van der Waals surface area contributed by atoms with Crippen molar-refractivity contribution in [3.05, 3.63) is 12.7 Å². The number of β-lactam (4-membered cyclic amide) rings is 1. The average molecular weight is 326 g/mol. The summed E-state index contributed by atoms with van der Waals surface area (Å²) in [4.78, 5) is 37.6. The molecule has 0 aromatic rings. The van der Waals surface area contributed by atoms with Gasteiger partial charge >= 0.3 is 11.9 Å². The summed E-state index contributed by atoms with van der Waals surface area (Å²) in [5.74, 6) is -1.60. The Morgan fingerprint density at radius 2 is 1.96 bits per heavy atom. The summed E-state index contributed by atoms with van der Waals surface area (Å²) >= 11 is 0. The molecular formula is C15H22N2O6. The number of carbonyl (C=O) groups excluding carboxylic acids is 3. The minimum Gasteiger partial charge on any atom is -0.469 e. The Morgan fingerprint density at radius 1 is 1.30 bits per heavy atom. The van der Waals surface area contributed by atoms with Gasteiger partial charge in [0.1, 0.15) is 6.04 Å². The largest absolute Gasteiger partial charge is 0.469 e. The van der Waals surface area contributed by atoms with Gasteiger partial charge in [0, 0.05) is 19.7 Å². The smallest absolute Gasteiger partial charge is 0.322 e. The first-order chi connectivity index (χ1) is 11.0. The van der Waals surface area contributed by atoms with Gasteiger partial charge in [-0.3, -0.25) is 19.7 Å². The molecule has 8 heteroatoms. The Labute approximate surface area is 134 Å². The molecule has 2 fully saturated rings. The zero-order chi connectivity index (χ0) is 17.1. The number of amides is 1. The second-order valence-corrected chi connectivity index (χ2v) is 5.56. The standard InChI is InChI=1S/C15H22N2O6/c1-5-6-17-11(12(21-2)13(17)18)10-8(14(19)22-3)7-9(16-10)15(20)23-4/h5,8-12,16H,1,6-7H2,2-4H3/t8-,9-,10+,11-,12+/m0/s1. The second kappa shape index (κ2) is 7.10. The van der Waals surface area contributed by atoms with Gasteiger partial charge in [0.25, 0.3) is 5.91 Å². The third-order valence-electron chi connectivity index (χ3n) is 4.45. The normalized spacial score (nSPS) is 33.1. The lowest BCUT2D eigenvalue weighted by Gasteiger charge is -2.49. The van der Waals surface area contributed by atoms with Crippen LogP contribution in [0.3, 0.4) is 0 Å². The van der Waals surface area contributed by atoms with Crippen molar-refractivity contribution in [2.45, 2.75) is 30.7 Å². The topological polar surface area (TPSA) is 94.2 Å². The molecule has 2 rings (SSSR count). The quantitative estimate of drug-likeness (QED) is 0.384. The molecule has 0 radical (unpaired) electrons. The van der Waals surface area contributed by atoms with Crippen LogP contribution in [0.5, 0.6) is 0 Å². The van der Waals surface area contributed by atoms with Crippen LogP contribution in [-0.4, -0.2) is 74.8 Å². The van der Waals surface area contributed by atoms with Crippen molar-refractivity contribution in [3.63, 3.8) is 0 Å². The summed E-state index contributed by atoms with van der Waals surface area (Å²) in [5.41, 5.74) is 0. The maximum atomic E-state index is 12.1. The van der Waals surface area contributed by atoms with Gasteiger partial charge in [0.15, 0.2) is 6.10 Å². The van der Waals surface area contributed by atoms with Gasteiger partial charge in [-0.2, -0.15) is 0 Å². The number of methoxy groups -OCH3 is 3. The number of ether oxygens (including phenoxy) is 3. The first-order valence-electron chi connectivity index (χ1n) is 7.36. The lowest BCUT2D eigenvalue weighted by atomic mass is 9.84. The minimum absolute atomic E-state index is 0.163. The number of hydrogen-bond donors (Lipinski definition) is 1. The highest BCUT2D eigenvalue weighted by Crippen LogP contribution is 2.34. The molecule has 128 valence electrons. The Morgan fingerprint density at radius 3 is 2.48 bits per heavy atom. The fourth-order valence-corrected chi connectivity index (χ4v) is 3.37. The van der Waals surface area contributed by atoms with Crippen LogP contribution in [-0.2, 0) is 28.6 Å². The monoisotopic (exact) mass is 326 g/mol. The summed E-state index contributed by atoms with van der Waals surface area (Å²) < 4.78 is 14.8. The molecule has 1 amide bonds. The lowest BCUT2D eigenvalue weighted by Crippen LogP contribution is -2.72. The van der Waals surface area contributed by atoms with E-state index >= 15 is 0 Å². The van der Waals surface area contributed by atoms with E-state index in [1.54, 1.807) is 11.0 Å². The van der Waals surface area contributed by atoms with Crippen molar-refractivity contribution in [1.82, 2.24) is 10.2 Å². The molecule has 0 aliphatic carbocycles. The number of nitrogens with one attached hydrogen (secondary N) is 1. The van der Waals surface area contributed by atoms with Crippen LogP contribution in [0, 0.1) is 5.92 Å². The maximum absolute atomic E-state index is 12.1. The summed E-state index contributed by atoms with van der Waals surface area (Å²) in [6.07, 6.45) is 1.21. The number of rotatable bonds is 6. The molecule has 8 nitrogen and oxygen atoms in total. The maximum Gasteiger partial charge on any atom is 0.322 e. The highest BCUT2D eigenvalue weighted by Gasteiger charge is 2.57. The molecule has 1 N–H and O–H groups in total. The summed E-state index contributed by atoms with van der Waals surface area (Å²) in [7, 11) is 4.03. The van der Waals surface area contributed by atoms with Crippen molar-refractivity contribution in [2.24, 2.45) is 5.92 Å². The molecule has 0 aromatic heterocycles. The third kappa shape index (κ3) is 2.96. The van der Waals surface area contributed by atoms with Crippen LogP contribution in [0.25, 0.3) is 0 Å². The Balaban J connectivity index is 2.25. The van der Waals surface area contributed by atoms with Crippen LogP contribution in [0.1, 0.15) is 6.42 Å². The SMILES string of the molecule is C=CCN1C(=O)[C@H](OC)[C@@H]1[C@@H]1N[C@H](C(=O)OC)C[C@@H]1C(=O)OC. The third-order valence-corrected chi connectivity index (χ3v) is 4.45. The van der Waals surface area contributed by atoms with Crippen molar-refractivity contribution < 1.29 is 28.6 Å². The summed E-state index contributed by atoms with van der Waals surface area (Å²) in [6, 6.07) is -1.44. The molecule has 0 aromatic carbocycles. The lowest BCUT2D eigenvalue weighted by molar-refractivity contribution is -0.174. The predicted molar refractivity (Wildman–Crippen MR) is 79.3 cm³/mol. The van der Waals surface area contributed by atoms with E-state index in [9.17, 15) is 14.4 Å². The van der Waals surface area contributed by atoms with Crippen molar-refractivity contribution in [2.75, 3.05) is 27.9 Å². The van der Waals surface area contributed by atoms with Gasteiger partial charge in [-0.25, -0.2) is 0 Å². The Hall–Kier alpha value is -1.93. The van der Waals surface area contributed by atoms with Gasteiger partial charge in [-0.1, -0.05) is 6.08 Å². The van der Waals surface area contributed by atoms with E-state index < -0.39 is 36.0 Å². The summed E-state index contributed by atoms with van der Waals surface area (Å²) in [6.45, 7) is 3.98. The zero-order valence-electron chi connectivity index (χ0n) is 13.5. The number of carbonyl (C=O) groups is 3. The summed E-state index contributed by atoms with van der Waals surface area (Å²) in [5, 5.41) is 3.10. The first-order valence-corrected chi connectivity index (χ1v) is 7.36. The van der Waals surface area contributed by atoms with Gasteiger partial charge < -0.3 is 19.1 Å². The predicted octanol–water partition coefficient (Wildman–Crippen LogP) is -0.909. The van der Waals surface area contributed by atoms with Gasteiger partial charge in [0.2, 0.25) is 0 Å². The molecular weight excluding hydrogens is 304 g/mol. The molecule has 0 unspecified atom stereocenters. The minimum atomic E-state index is -0.656. The highest BCUT2D eigenvalue weighted by atomic mass is 16.5. The highest BCUT2D eigenvalue weighted by molar-refractivity contribution is 5.90. The van der Waals surface area contributed by atoms with E-state index in [1.165, 1.54) is 21.3 Å². The van der Waals surface area contributed by atoms with Crippen molar-refractivity contribution in [3.8, 4) is 0 Å². The van der Waals surface area contributed by atoms with Gasteiger partial charge in [-0.05, 0) is 6.42 Å². The average Bonchev–Trinajstić information content (AvgIpc) is 2.99. The van der Waals surface area contributed by atoms with E-state index in [1.807, 2.05) is 0 Å². The molecule has 2 heterocycles. The van der Waals surface area contributed by atoms with Crippen LogP contribution in [0.4, 0.5) is 0 Å². The molecule has 0 spiro atoms. The molecule has 23 heavy (non-hydrogen) atoms. The zero-order valence-corrected chi connectivity index (χ0v) is 13.5. The number of likely N-dealkylation sites (tertiary alicyclic amines) is 1. The van der Waals surface area contributed by atoms with E-state index in [-0.39, 0.29) is 18.4 Å². The molecule has 2 aliphatic heterocycles. The number of hydrogen-bond acceptors (Lipinski definition) is 7. The van der Waals surface area contributed by atoms with Crippen LogP contribution >= 0.6 is 0 Å². The van der Waals surface area contributed by atoms with E-state index in [4.69, 9.17) is 14.2 Å². The molecule has 2 saturated heterocycles. The number of esters is 2. The van der Waals surface area contributed by atoms with E-state index in [0.29, 0.717) is 6.54 Å². The number of nitrogens with zero attached hydrogens (tertiary/aromatic N) is 1. The Kier molecular flexibility index (Phi) is 5.38. The molecule has 5 atom stereocenters. The van der Waals surface area contributed by atoms with Crippen LogP contribution < -0.4 is 5.32 Å². The van der Waals surface area contributed by atoms with Crippen molar-refractivity contribution in [1.29, 1.82) is 0 Å². The fourth-order valence-electron chi connectivity index (χ4n) is 3.37. The second-order valence-electron chi connectivity index (χ2n) is 5.56. The van der Waals surface area contributed by atoms with Crippen molar-refractivity contribution >= 4 is 17.8 Å². The molecule has 0 saturated carbocycles. The van der Waals surface area contributed by atoms with Gasteiger partial charge in [-0.15, -0.1) is 6.58 Å². The van der Waals surface area contributed by atoms with E-state index in [2.05, 4.69) is 11.9 Å². The van der Waals surface area contributed by atoms with Gasteiger partial charge in [0.05, 0.1) is 26.2 Å². The molecule has 2 aliphatic rings. The Bertz CT molecular complexity index is 508. The fraction of sp³-hybridized carbons (Fsp3) is 0.667. The van der Waals surface area contributed by atoms with E-state index in [0.717, 1.165) is 0 Å².